The van der Waals surface area contributed by atoms with Gasteiger partial charge in [-0.1, -0.05) is 18.2 Å². The zero-order valence-corrected chi connectivity index (χ0v) is 19.6. The average molecular weight is 464 g/mol. The minimum atomic E-state index is -3.32. The molecule has 166 valence electrons. The molecule has 0 radical (unpaired) electrons. The molecule has 1 aromatic heterocycles. The normalized spacial score (nSPS) is 20.7. The van der Waals surface area contributed by atoms with E-state index in [0.717, 1.165) is 24.7 Å². The van der Waals surface area contributed by atoms with Crippen molar-refractivity contribution in [3.8, 4) is 0 Å². The fourth-order valence-electron chi connectivity index (χ4n) is 3.29. The van der Waals surface area contributed by atoms with Gasteiger partial charge in [-0.2, -0.15) is 0 Å². The predicted octanol–water partition coefficient (Wildman–Crippen LogP) is 3.02. The molecule has 1 saturated carbocycles. The van der Waals surface area contributed by atoms with Gasteiger partial charge in [0.1, 0.15) is 5.16 Å². The Morgan fingerprint density at radius 3 is 2.55 bits per heavy atom. The summed E-state index contributed by atoms with van der Waals surface area (Å²) >= 11 is 5.96. The van der Waals surface area contributed by atoms with Crippen LogP contribution in [0.1, 0.15) is 39.3 Å². The number of pyridine rings is 1. The van der Waals surface area contributed by atoms with E-state index >= 15 is 0 Å². The highest BCUT2D eigenvalue weighted by Gasteiger charge is 2.42. The number of amides is 1. The number of hydrogen-bond acceptors (Lipinski definition) is 6. The molecular formula is C21H26ClN5O3S. The molecule has 31 heavy (non-hydrogen) atoms. The van der Waals surface area contributed by atoms with Gasteiger partial charge in [-0.05, 0) is 57.2 Å². The number of nitrogens with one attached hydrogen (secondary N) is 1. The highest BCUT2D eigenvalue weighted by atomic mass is 35.5. The molecule has 2 heterocycles. The van der Waals surface area contributed by atoms with Crippen LogP contribution in [0.25, 0.3) is 0 Å². The van der Waals surface area contributed by atoms with E-state index in [9.17, 15) is 13.2 Å². The van der Waals surface area contributed by atoms with E-state index in [-0.39, 0.29) is 34.4 Å². The van der Waals surface area contributed by atoms with E-state index in [0.29, 0.717) is 23.1 Å². The molecule has 0 spiro atoms. The SMILES string of the molecule is C=C(Cl)/N=C1\C(=C(C)C)NC(=NCc2ccc(S(C)(=O)=O)cn2)C(=O)N1C(C)C1CC1. The summed E-state index contributed by atoms with van der Waals surface area (Å²) in [5.74, 6) is 0.727. The molecule has 1 saturated heterocycles. The number of carbonyl (C=O) groups is 1. The second kappa shape index (κ2) is 8.92. The van der Waals surface area contributed by atoms with Crippen molar-refractivity contribution in [3.63, 3.8) is 0 Å². The third-order valence-corrected chi connectivity index (χ3v) is 6.36. The van der Waals surface area contributed by atoms with Crippen LogP contribution in [0, 0.1) is 5.92 Å². The van der Waals surface area contributed by atoms with Gasteiger partial charge in [-0.25, -0.2) is 13.4 Å². The maximum absolute atomic E-state index is 13.3. The highest BCUT2D eigenvalue weighted by molar-refractivity contribution is 7.90. The lowest BCUT2D eigenvalue weighted by Gasteiger charge is -2.36. The number of sulfone groups is 1. The maximum Gasteiger partial charge on any atom is 0.295 e. The number of amidine groups is 2. The Hall–Kier alpha value is -2.52. The van der Waals surface area contributed by atoms with Crippen LogP contribution in [-0.4, -0.2) is 48.2 Å². The summed E-state index contributed by atoms with van der Waals surface area (Å²) in [6, 6.07) is 3.01. The number of hydrogen-bond donors (Lipinski definition) is 1. The van der Waals surface area contributed by atoms with Crippen LogP contribution in [0.15, 0.2) is 56.2 Å². The Morgan fingerprint density at radius 1 is 1.39 bits per heavy atom. The Balaban J connectivity index is 1.94. The highest BCUT2D eigenvalue weighted by Crippen LogP contribution is 2.36. The lowest BCUT2D eigenvalue weighted by Crippen LogP contribution is -2.58. The molecule has 1 aliphatic carbocycles. The van der Waals surface area contributed by atoms with Gasteiger partial charge in [-0.15, -0.1) is 0 Å². The monoisotopic (exact) mass is 463 g/mol. The molecule has 0 bridgehead atoms. The van der Waals surface area contributed by atoms with Gasteiger partial charge in [0.2, 0.25) is 0 Å². The molecule has 0 aromatic carbocycles. The van der Waals surface area contributed by atoms with Crippen molar-refractivity contribution in [1.29, 1.82) is 0 Å². The van der Waals surface area contributed by atoms with Gasteiger partial charge in [0.15, 0.2) is 21.5 Å². The molecule has 8 nitrogen and oxygen atoms in total. The molecule has 1 aromatic rings. The summed E-state index contributed by atoms with van der Waals surface area (Å²) in [4.78, 5) is 28.0. The molecule has 1 aliphatic heterocycles. The number of piperazine rings is 1. The van der Waals surface area contributed by atoms with Gasteiger partial charge in [0, 0.05) is 18.5 Å². The third kappa shape index (κ3) is 5.40. The van der Waals surface area contributed by atoms with Crippen LogP contribution < -0.4 is 5.32 Å². The van der Waals surface area contributed by atoms with Crippen LogP contribution in [0.3, 0.4) is 0 Å². The summed E-state index contributed by atoms with van der Waals surface area (Å²) in [5.41, 5.74) is 2.12. The summed E-state index contributed by atoms with van der Waals surface area (Å²) < 4.78 is 23.2. The standard InChI is InChI=1S/C21H26ClN5O3S/c1-12(2)18-20(25-14(4)22)27(13(3)15-6-7-15)21(28)19(26-18)24-10-16-8-9-17(11-23-16)31(5,29)30/h8-9,11,13,15H,4,6-7,10H2,1-3,5H3,(H,24,26)/b25-20+. The lowest BCUT2D eigenvalue weighted by molar-refractivity contribution is -0.122. The van der Waals surface area contributed by atoms with Crippen molar-refractivity contribution in [3.05, 3.63) is 47.0 Å². The fourth-order valence-corrected chi connectivity index (χ4v) is 3.93. The van der Waals surface area contributed by atoms with E-state index in [4.69, 9.17) is 11.6 Å². The van der Waals surface area contributed by atoms with Gasteiger partial charge in [-0.3, -0.25) is 19.7 Å². The maximum atomic E-state index is 13.3. The van der Waals surface area contributed by atoms with Gasteiger partial charge >= 0.3 is 0 Å². The number of allylic oxidation sites excluding steroid dienone is 1. The van der Waals surface area contributed by atoms with Crippen LogP contribution >= 0.6 is 11.6 Å². The van der Waals surface area contributed by atoms with Crippen molar-refractivity contribution < 1.29 is 13.2 Å². The molecule has 10 heteroatoms. The smallest absolute Gasteiger partial charge is 0.295 e. The number of halogens is 1. The first-order valence-electron chi connectivity index (χ1n) is 9.90. The van der Waals surface area contributed by atoms with Gasteiger partial charge < -0.3 is 5.32 Å². The van der Waals surface area contributed by atoms with Crippen LogP contribution in [-0.2, 0) is 21.2 Å². The van der Waals surface area contributed by atoms with Crippen LogP contribution in [0.2, 0.25) is 0 Å². The zero-order valence-electron chi connectivity index (χ0n) is 18.0. The summed E-state index contributed by atoms with van der Waals surface area (Å²) in [7, 11) is -3.32. The Kier molecular flexibility index (Phi) is 6.66. The number of rotatable bonds is 6. The Morgan fingerprint density at radius 2 is 2.06 bits per heavy atom. The summed E-state index contributed by atoms with van der Waals surface area (Å²) in [6.45, 7) is 9.59. The predicted molar refractivity (Wildman–Crippen MR) is 121 cm³/mol. The van der Waals surface area contributed by atoms with Gasteiger partial charge in [0.25, 0.3) is 5.91 Å². The number of aliphatic imine (C=N–C) groups is 2. The average Bonchev–Trinajstić information content (AvgIpc) is 3.51. The second-order valence-electron chi connectivity index (χ2n) is 7.99. The Labute approximate surface area is 187 Å². The Bertz CT molecular complexity index is 1100. The number of carbonyl (C=O) groups excluding carboxylic acids is 1. The molecule has 1 N–H and O–H groups in total. The van der Waals surface area contributed by atoms with Crippen molar-refractivity contribution >= 4 is 39.0 Å². The minimum absolute atomic E-state index is 0.0592. The van der Waals surface area contributed by atoms with Crippen molar-refractivity contribution in [1.82, 2.24) is 15.2 Å². The van der Waals surface area contributed by atoms with E-state index in [1.807, 2.05) is 20.8 Å². The van der Waals surface area contributed by atoms with E-state index in [1.54, 1.807) is 11.0 Å². The molecule has 1 atom stereocenters. The third-order valence-electron chi connectivity index (χ3n) is 5.18. The first-order chi connectivity index (χ1) is 14.5. The van der Waals surface area contributed by atoms with Crippen LogP contribution in [0.4, 0.5) is 0 Å². The largest absolute Gasteiger partial charge is 0.333 e. The van der Waals surface area contributed by atoms with E-state index in [1.165, 1.54) is 12.3 Å². The number of aromatic nitrogens is 1. The van der Waals surface area contributed by atoms with Crippen LogP contribution in [0.5, 0.6) is 0 Å². The van der Waals surface area contributed by atoms with Crippen molar-refractivity contribution in [2.45, 2.75) is 51.1 Å². The molecule has 1 amide bonds. The minimum Gasteiger partial charge on any atom is -0.333 e. The molecule has 3 rings (SSSR count). The van der Waals surface area contributed by atoms with E-state index in [2.05, 4.69) is 26.9 Å². The summed E-state index contributed by atoms with van der Waals surface area (Å²) in [6.07, 6.45) is 4.53. The molecule has 2 fully saturated rings. The summed E-state index contributed by atoms with van der Waals surface area (Å²) in [5, 5.41) is 3.18. The first-order valence-corrected chi connectivity index (χ1v) is 12.2. The zero-order chi connectivity index (χ0) is 22.9. The molecule has 1 unspecified atom stereocenters. The topological polar surface area (TPSA) is 104 Å². The van der Waals surface area contributed by atoms with E-state index < -0.39 is 9.84 Å². The molecule has 2 aliphatic rings. The first kappa shape index (κ1) is 23.1. The number of nitrogens with zero attached hydrogens (tertiary/aromatic N) is 4. The van der Waals surface area contributed by atoms with Crippen molar-refractivity contribution in [2.75, 3.05) is 6.26 Å². The quantitative estimate of drug-likeness (QED) is 0.653. The second-order valence-corrected chi connectivity index (χ2v) is 10.4. The fraction of sp³-hybridized carbons (Fsp3) is 0.429. The van der Waals surface area contributed by atoms with Crippen molar-refractivity contribution in [2.24, 2.45) is 15.9 Å². The molecular weight excluding hydrogens is 438 g/mol. The lowest BCUT2D eigenvalue weighted by atomic mass is 10.1. The van der Waals surface area contributed by atoms with Gasteiger partial charge in [0.05, 0.1) is 22.8 Å².